The SMILES string of the molecule is O=C(c1ccc2cc[nH]c2n1)N1CCC2(CCOC2)C1. The number of hydrogen-bond donors (Lipinski definition) is 1. The number of aromatic amines is 1. The molecular formula is C15H17N3O2. The highest BCUT2D eigenvalue weighted by atomic mass is 16.5. The topological polar surface area (TPSA) is 58.2 Å². The van der Waals surface area contributed by atoms with Gasteiger partial charge in [-0.25, -0.2) is 4.98 Å². The summed E-state index contributed by atoms with van der Waals surface area (Å²) in [6.45, 7) is 3.23. The lowest BCUT2D eigenvalue weighted by Crippen LogP contribution is -2.32. The van der Waals surface area contributed by atoms with Crippen LogP contribution >= 0.6 is 0 Å². The second-order valence-electron chi connectivity index (χ2n) is 5.89. The van der Waals surface area contributed by atoms with Crippen LogP contribution in [0.15, 0.2) is 24.4 Å². The standard InChI is InChI=1S/C15H17N3O2/c19-14(12-2-1-11-3-6-16-13(11)17-12)18-7-4-15(9-18)5-8-20-10-15/h1-3,6H,4-5,7-10H2,(H,16,17). The highest BCUT2D eigenvalue weighted by Gasteiger charge is 2.43. The molecule has 2 aliphatic heterocycles. The van der Waals surface area contributed by atoms with E-state index < -0.39 is 0 Å². The van der Waals surface area contributed by atoms with Gasteiger partial charge in [0, 0.05) is 36.7 Å². The summed E-state index contributed by atoms with van der Waals surface area (Å²) in [5.41, 5.74) is 1.50. The van der Waals surface area contributed by atoms with Gasteiger partial charge < -0.3 is 14.6 Å². The summed E-state index contributed by atoms with van der Waals surface area (Å²) in [6.07, 6.45) is 3.95. The molecule has 0 radical (unpaired) electrons. The minimum atomic E-state index is 0.0327. The molecule has 1 N–H and O–H groups in total. The predicted molar refractivity (Wildman–Crippen MR) is 74.5 cm³/mol. The maximum atomic E-state index is 12.6. The Morgan fingerprint density at radius 2 is 2.30 bits per heavy atom. The molecule has 2 aromatic rings. The molecule has 4 rings (SSSR count). The van der Waals surface area contributed by atoms with Crippen LogP contribution in [-0.2, 0) is 4.74 Å². The van der Waals surface area contributed by atoms with Gasteiger partial charge in [0.2, 0.25) is 0 Å². The van der Waals surface area contributed by atoms with Gasteiger partial charge in [-0.05, 0) is 31.0 Å². The molecule has 20 heavy (non-hydrogen) atoms. The number of amides is 1. The number of rotatable bonds is 1. The summed E-state index contributed by atoms with van der Waals surface area (Å²) in [5, 5.41) is 1.03. The van der Waals surface area contributed by atoms with Crippen molar-refractivity contribution < 1.29 is 9.53 Å². The minimum absolute atomic E-state index is 0.0327. The zero-order chi connectivity index (χ0) is 13.6. The van der Waals surface area contributed by atoms with E-state index in [1.165, 1.54) is 0 Å². The molecule has 4 heterocycles. The van der Waals surface area contributed by atoms with E-state index in [0.717, 1.165) is 50.2 Å². The molecule has 2 aliphatic rings. The van der Waals surface area contributed by atoms with E-state index in [1.54, 1.807) is 0 Å². The van der Waals surface area contributed by atoms with Gasteiger partial charge in [0.05, 0.1) is 6.61 Å². The second-order valence-corrected chi connectivity index (χ2v) is 5.89. The predicted octanol–water partition coefficient (Wildman–Crippen LogP) is 1.82. The first kappa shape index (κ1) is 11.9. The number of nitrogens with zero attached hydrogens (tertiary/aromatic N) is 2. The van der Waals surface area contributed by atoms with Crippen molar-refractivity contribution in [3.8, 4) is 0 Å². The highest BCUT2D eigenvalue weighted by molar-refractivity contribution is 5.94. The van der Waals surface area contributed by atoms with Gasteiger partial charge in [0.15, 0.2) is 0 Å². The Kier molecular flexibility index (Phi) is 2.57. The first-order valence-electron chi connectivity index (χ1n) is 7.07. The Morgan fingerprint density at radius 1 is 1.35 bits per heavy atom. The molecule has 2 saturated heterocycles. The quantitative estimate of drug-likeness (QED) is 0.860. The van der Waals surface area contributed by atoms with E-state index in [0.29, 0.717) is 5.69 Å². The molecule has 0 saturated carbocycles. The molecule has 0 aromatic carbocycles. The van der Waals surface area contributed by atoms with E-state index in [-0.39, 0.29) is 11.3 Å². The largest absolute Gasteiger partial charge is 0.381 e. The van der Waals surface area contributed by atoms with Crippen molar-refractivity contribution in [3.63, 3.8) is 0 Å². The first-order valence-corrected chi connectivity index (χ1v) is 7.07. The smallest absolute Gasteiger partial charge is 0.272 e. The summed E-state index contributed by atoms with van der Waals surface area (Å²) in [6, 6.07) is 5.71. The van der Waals surface area contributed by atoms with E-state index >= 15 is 0 Å². The van der Waals surface area contributed by atoms with Gasteiger partial charge in [0.1, 0.15) is 11.3 Å². The molecule has 1 amide bonds. The monoisotopic (exact) mass is 271 g/mol. The summed E-state index contributed by atoms with van der Waals surface area (Å²) in [5.74, 6) is 0.0327. The lowest BCUT2D eigenvalue weighted by Gasteiger charge is -2.21. The minimum Gasteiger partial charge on any atom is -0.381 e. The lowest BCUT2D eigenvalue weighted by molar-refractivity contribution is 0.0760. The average molecular weight is 271 g/mol. The third-order valence-electron chi connectivity index (χ3n) is 4.54. The van der Waals surface area contributed by atoms with Crippen LogP contribution in [0.2, 0.25) is 0 Å². The average Bonchev–Trinajstić information content (AvgIpc) is 3.19. The number of H-pyrrole nitrogens is 1. The molecule has 0 aliphatic carbocycles. The zero-order valence-corrected chi connectivity index (χ0v) is 11.3. The molecule has 2 fully saturated rings. The number of fused-ring (bicyclic) bond motifs is 1. The van der Waals surface area contributed by atoms with Gasteiger partial charge in [-0.3, -0.25) is 4.79 Å². The summed E-state index contributed by atoms with van der Waals surface area (Å²) >= 11 is 0. The fraction of sp³-hybridized carbons (Fsp3) is 0.467. The molecule has 5 nitrogen and oxygen atoms in total. The first-order chi connectivity index (χ1) is 9.76. The van der Waals surface area contributed by atoms with Gasteiger partial charge in [0.25, 0.3) is 5.91 Å². The third kappa shape index (κ3) is 1.81. The van der Waals surface area contributed by atoms with Gasteiger partial charge in [-0.2, -0.15) is 0 Å². The Balaban J connectivity index is 1.57. The molecule has 1 atom stereocenters. The normalized spacial score (nSPS) is 25.9. The molecule has 1 unspecified atom stereocenters. The third-order valence-corrected chi connectivity index (χ3v) is 4.54. The fourth-order valence-electron chi connectivity index (χ4n) is 3.29. The molecule has 5 heteroatoms. The molecule has 1 spiro atoms. The van der Waals surface area contributed by atoms with E-state index in [2.05, 4.69) is 9.97 Å². The van der Waals surface area contributed by atoms with E-state index in [9.17, 15) is 4.79 Å². The summed E-state index contributed by atoms with van der Waals surface area (Å²) < 4.78 is 5.50. The lowest BCUT2D eigenvalue weighted by atomic mass is 9.87. The Labute approximate surface area is 116 Å². The van der Waals surface area contributed by atoms with Crippen molar-refractivity contribution in [2.24, 2.45) is 5.41 Å². The van der Waals surface area contributed by atoms with Crippen molar-refractivity contribution in [2.45, 2.75) is 12.8 Å². The van der Waals surface area contributed by atoms with Crippen molar-refractivity contribution in [1.82, 2.24) is 14.9 Å². The number of likely N-dealkylation sites (tertiary alicyclic amines) is 1. The van der Waals surface area contributed by atoms with Crippen LogP contribution < -0.4 is 0 Å². The Morgan fingerprint density at radius 3 is 3.15 bits per heavy atom. The number of carbonyl (C=O) groups excluding carboxylic acids is 1. The molecular weight excluding hydrogens is 254 g/mol. The van der Waals surface area contributed by atoms with Crippen LogP contribution in [0.1, 0.15) is 23.3 Å². The molecule has 2 aromatic heterocycles. The number of carbonyl (C=O) groups is 1. The Hall–Kier alpha value is -1.88. The number of hydrogen-bond acceptors (Lipinski definition) is 3. The van der Waals surface area contributed by atoms with Crippen molar-refractivity contribution in [1.29, 1.82) is 0 Å². The van der Waals surface area contributed by atoms with Gasteiger partial charge in [-0.1, -0.05) is 0 Å². The number of pyridine rings is 1. The molecule has 104 valence electrons. The van der Waals surface area contributed by atoms with Crippen molar-refractivity contribution >= 4 is 16.9 Å². The maximum Gasteiger partial charge on any atom is 0.272 e. The van der Waals surface area contributed by atoms with Crippen LogP contribution in [0.3, 0.4) is 0 Å². The van der Waals surface area contributed by atoms with Crippen LogP contribution in [0.5, 0.6) is 0 Å². The van der Waals surface area contributed by atoms with Crippen molar-refractivity contribution in [3.05, 3.63) is 30.1 Å². The number of ether oxygens (including phenoxy) is 1. The van der Waals surface area contributed by atoms with E-state index in [1.807, 2.05) is 29.3 Å². The van der Waals surface area contributed by atoms with Crippen LogP contribution in [0.25, 0.3) is 11.0 Å². The molecule has 0 bridgehead atoms. The number of aromatic nitrogens is 2. The highest BCUT2D eigenvalue weighted by Crippen LogP contribution is 2.38. The fourth-order valence-corrected chi connectivity index (χ4v) is 3.29. The zero-order valence-electron chi connectivity index (χ0n) is 11.3. The summed E-state index contributed by atoms with van der Waals surface area (Å²) in [7, 11) is 0. The van der Waals surface area contributed by atoms with E-state index in [4.69, 9.17) is 4.74 Å². The number of nitrogens with one attached hydrogen (secondary N) is 1. The van der Waals surface area contributed by atoms with Crippen LogP contribution in [0.4, 0.5) is 0 Å². The Bertz CT molecular complexity index is 658. The van der Waals surface area contributed by atoms with Crippen LogP contribution in [-0.4, -0.2) is 47.1 Å². The van der Waals surface area contributed by atoms with Crippen molar-refractivity contribution in [2.75, 3.05) is 26.3 Å². The van der Waals surface area contributed by atoms with Crippen LogP contribution in [0, 0.1) is 5.41 Å². The summed E-state index contributed by atoms with van der Waals surface area (Å²) in [4.78, 5) is 22.0. The maximum absolute atomic E-state index is 12.6. The second kappa shape index (κ2) is 4.31. The van der Waals surface area contributed by atoms with Gasteiger partial charge >= 0.3 is 0 Å². The van der Waals surface area contributed by atoms with Gasteiger partial charge in [-0.15, -0.1) is 0 Å².